The van der Waals surface area contributed by atoms with Gasteiger partial charge >= 0.3 is 11.9 Å². The zero-order chi connectivity index (χ0) is 18.5. The number of halogens is 2. The van der Waals surface area contributed by atoms with Crippen LogP contribution >= 0.6 is 0 Å². The Morgan fingerprint density at radius 3 is 1.54 bits per heavy atom. The molecule has 8 heteroatoms. The Bertz CT molecular complexity index is 742. The molecule has 0 aliphatic carbocycles. The van der Waals surface area contributed by atoms with Crippen LogP contribution in [0.15, 0.2) is 48.5 Å². The largest absolute Gasteiger partial charge is 0.425 e. The number of ether oxygens (including phenoxy) is 4. The highest BCUT2D eigenvalue weighted by molar-refractivity contribution is 5.90. The molecule has 0 spiro atoms. The van der Waals surface area contributed by atoms with Gasteiger partial charge in [0.25, 0.3) is 12.6 Å². The van der Waals surface area contributed by atoms with E-state index in [1.165, 1.54) is 36.4 Å². The van der Waals surface area contributed by atoms with Crippen molar-refractivity contribution in [1.82, 2.24) is 0 Å². The average Bonchev–Trinajstić information content (AvgIpc) is 2.64. The Labute approximate surface area is 147 Å². The van der Waals surface area contributed by atoms with E-state index in [9.17, 15) is 18.4 Å². The summed E-state index contributed by atoms with van der Waals surface area (Å²) in [5, 5.41) is 0. The van der Waals surface area contributed by atoms with Gasteiger partial charge in [0.2, 0.25) is 0 Å². The van der Waals surface area contributed by atoms with E-state index in [2.05, 4.69) is 0 Å². The van der Waals surface area contributed by atoms with Crippen molar-refractivity contribution in [1.29, 1.82) is 0 Å². The van der Waals surface area contributed by atoms with Gasteiger partial charge in [-0.2, -0.15) is 0 Å². The van der Waals surface area contributed by atoms with E-state index < -0.39 is 36.2 Å². The maximum absolute atomic E-state index is 13.7. The van der Waals surface area contributed by atoms with Crippen LogP contribution in [0.3, 0.4) is 0 Å². The lowest BCUT2D eigenvalue weighted by molar-refractivity contribution is -0.288. The fraction of sp³-hybridized carbons (Fsp3) is 0.222. The molecule has 2 atom stereocenters. The number of benzene rings is 2. The van der Waals surface area contributed by atoms with E-state index >= 15 is 0 Å². The van der Waals surface area contributed by atoms with Crippen LogP contribution in [-0.4, -0.2) is 37.7 Å². The molecule has 1 saturated heterocycles. The summed E-state index contributed by atoms with van der Waals surface area (Å²) in [6.45, 7) is 0.145. The van der Waals surface area contributed by atoms with E-state index in [1.807, 2.05) is 0 Å². The maximum Gasteiger partial charge on any atom is 0.343 e. The van der Waals surface area contributed by atoms with E-state index in [1.54, 1.807) is 0 Å². The molecule has 0 bridgehead atoms. The van der Waals surface area contributed by atoms with Crippen LogP contribution in [0.25, 0.3) is 0 Å². The third kappa shape index (κ3) is 4.04. The normalized spacial score (nSPS) is 19.6. The van der Waals surface area contributed by atoms with Crippen molar-refractivity contribution in [3.63, 3.8) is 0 Å². The summed E-state index contributed by atoms with van der Waals surface area (Å²) in [7, 11) is 0. The molecule has 2 aromatic rings. The third-order valence-corrected chi connectivity index (χ3v) is 3.50. The number of hydrogen-bond donors (Lipinski definition) is 0. The standard InChI is InChI=1S/C18H14F2O6/c19-13-7-3-1-5-11(13)15(21)25-17-18(24-10-9-23-17)26-16(22)12-6-2-4-8-14(12)20/h1-8,17-18H,9-10H2. The van der Waals surface area contributed by atoms with Gasteiger partial charge in [0, 0.05) is 0 Å². The maximum atomic E-state index is 13.7. The Morgan fingerprint density at radius 2 is 1.15 bits per heavy atom. The van der Waals surface area contributed by atoms with E-state index in [0.29, 0.717) is 0 Å². The quantitative estimate of drug-likeness (QED) is 0.777. The molecule has 0 N–H and O–H groups in total. The summed E-state index contributed by atoms with van der Waals surface area (Å²) >= 11 is 0. The van der Waals surface area contributed by atoms with Gasteiger partial charge in [-0.05, 0) is 24.3 Å². The third-order valence-electron chi connectivity index (χ3n) is 3.50. The molecular weight excluding hydrogens is 350 g/mol. The molecule has 1 aliphatic heterocycles. The van der Waals surface area contributed by atoms with Gasteiger partial charge in [-0.3, -0.25) is 0 Å². The number of hydrogen-bond acceptors (Lipinski definition) is 6. The topological polar surface area (TPSA) is 71.1 Å². The molecule has 6 nitrogen and oxygen atoms in total. The molecule has 0 amide bonds. The van der Waals surface area contributed by atoms with Gasteiger partial charge < -0.3 is 18.9 Å². The summed E-state index contributed by atoms with van der Waals surface area (Å²) in [6, 6.07) is 10.5. The Kier molecular flexibility index (Phi) is 5.55. The molecule has 2 aromatic carbocycles. The van der Waals surface area contributed by atoms with Crippen molar-refractivity contribution < 1.29 is 37.3 Å². The van der Waals surface area contributed by atoms with Gasteiger partial charge in [-0.25, -0.2) is 18.4 Å². The predicted molar refractivity (Wildman–Crippen MR) is 83.1 cm³/mol. The minimum absolute atomic E-state index is 0.0724. The molecular formula is C18H14F2O6. The SMILES string of the molecule is O=C(OC1OCCOC1OC(=O)c1ccccc1F)c1ccccc1F. The lowest BCUT2D eigenvalue weighted by atomic mass is 10.2. The van der Waals surface area contributed by atoms with Gasteiger partial charge in [0.1, 0.15) is 11.6 Å². The number of rotatable bonds is 4. The fourth-order valence-corrected chi connectivity index (χ4v) is 2.26. The van der Waals surface area contributed by atoms with Crippen LogP contribution in [-0.2, 0) is 18.9 Å². The summed E-state index contributed by atoms with van der Waals surface area (Å²) < 4.78 is 47.9. The van der Waals surface area contributed by atoms with E-state index in [0.717, 1.165) is 12.1 Å². The first-order valence-corrected chi connectivity index (χ1v) is 7.70. The van der Waals surface area contributed by atoms with Crippen LogP contribution < -0.4 is 0 Å². The summed E-state index contributed by atoms with van der Waals surface area (Å²) in [4.78, 5) is 24.2. The van der Waals surface area contributed by atoms with Crippen molar-refractivity contribution in [2.24, 2.45) is 0 Å². The molecule has 1 fully saturated rings. The van der Waals surface area contributed by atoms with Crippen molar-refractivity contribution >= 4 is 11.9 Å². The molecule has 1 heterocycles. The lowest BCUT2D eigenvalue weighted by Crippen LogP contribution is -2.44. The van der Waals surface area contributed by atoms with Crippen LogP contribution in [0, 0.1) is 11.6 Å². The smallest absolute Gasteiger partial charge is 0.343 e. The van der Waals surface area contributed by atoms with Crippen molar-refractivity contribution in [2.45, 2.75) is 12.6 Å². The van der Waals surface area contributed by atoms with Crippen LogP contribution in [0.2, 0.25) is 0 Å². The average molecular weight is 364 g/mol. The van der Waals surface area contributed by atoms with E-state index in [4.69, 9.17) is 18.9 Å². The minimum Gasteiger partial charge on any atom is -0.425 e. The zero-order valence-corrected chi connectivity index (χ0v) is 13.4. The predicted octanol–water partition coefficient (Wildman–Crippen LogP) is 2.68. The van der Waals surface area contributed by atoms with Gasteiger partial charge in [0.15, 0.2) is 0 Å². The first-order valence-electron chi connectivity index (χ1n) is 7.70. The second-order valence-corrected chi connectivity index (χ2v) is 5.25. The Hall–Kier alpha value is -2.84. The van der Waals surface area contributed by atoms with Crippen LogP contribution in [0.1, 0.15) is 20.7 Å². The molecule has 0 saturated carbocycles. The van der Waals surface area contributed by atoms with Crippen LogP contribution in [0.5, 0.6) is 0 Å². The number of carbonyl (C=O) groups excluding carboxylic acids is 2. The fourth-order valence-electron chi connectivity index (χ4n) is 2.26. The molecule has 3 rings (SSSR count). The monoisotopic (exact) mass is 364 g/mol. The summed E-state index contributed by atoms with van der Waals surface area (Å²) in [5.41, 5.74) is -0.610. The lowest BCUT2D eigenvalue weighted by Gasteiger charge is -2.30. The van der Waals surface area contributed by atoms with Crippen molar-refractivity contribution in [2.75, 3.05) is 13.2 Å². The summed E-state index contributed by atoms with van der Waals surface area (Å²) in [6.07, 6.45) is -2.82. The number of esters is 2. The highest BCUT2D eigenvalue weighted by atomic mass is 19.1. The minimum atomic E-state index is -1.41. The highest BCUT2D eigenvalue weighted by Gasteiger charge is 2.35. The second-order valence-electron chi connectivity index (χ2n) is 5.25. The molecule has 0 radical (unpaired) electrons. The number of carbonyl (C=O) groups is 2. The Morgan fingerprint density at radius 1 is 0.769 bits per heavy atom. The van der Waals surface area contributed by atoms with E-state index in [-0.39, 0.29) is 24.3 Å². The first-order chi connectivity index (χ1) is 12.6. The van der Waals surface area contributed by atoms with Crippen molar-refractivity contribution in [3.05, 3.63) is 71.3 Å². The summed E-state index contributed by atoms with van der Waals surface area (Å²) in [5.74, 6) is -3.56. The Balaban J connectivity index is 1.70. The van der Waals surface area contributed by atoms with Gasteiger partial charge in [-0.15, -0.1) is 0 Å². The zero-order valence-electron chi connectivity index (χ0n) is 13.4. The van der Waals surface area contributed by atoms with Gasteiger partial charge in [0.05, 0.1) is 24.3 Å². The van der Waals surface area contributed by atoms with Crippen molar-refractivity contribution in [3.8, 4) is 0 Å². The van der Waals surface area contributed by atoms with Crippen LogP contribution in [0.4, 0.5) is 8.78 Å². The molecule has 2 unspecified atom stereocenters. The second kappa shape index (κ2) is 8.03. The molecule has 26 heavy (non-hydrogen) atoms. The molecule has 1 aliphatic rings. The highest BCUT2D eigenvalue weighted by Crippen LogP contribution is 2.19. The first kappa shape index (κ1) is 18.0. The molecule has 0 aromatic heterocycles. The van der Waals surface area contributed by atoms with Gasteiger partial charge in [-0.1, -0.05) is 24.3 Å². The molecule has 136 valence electrons.